The Balaban J connectivity index is 2.02. The van der Waals surface area contributed by atoms with Gasteiger partial charge < -0.3 is 10.1 Å². The van der Waals surface area contributed by atoms with E-state index in [0.717, 1.165) is 28.1 Å². The van der Waals surface area contributed by atoms with E-state index in [1.165, 1.54) is 4.90 Å². The largest absolute Gasteiger partial charge is 0.494 e. The lowest BCUT2D eigenvalue weighted by Gasteiger charge is -2.17. The first kappa shape index (κ1) is 20.6. The highest BCUT2D eigenvalue weighted by molar-refractivity contribution is 6.36. The monoisotopic (exact) mass is 392 g/mol. The molecular weight excluding hydrogens is 364 g/mol. The summed E-state index contributed by atoms with van der Waals surface area (Å²) in [5.41, 5.74) is 4.46. The van der Waals surface area contributed by atoms with Gasteiger partial charge in [-0.2, -0.15) is 0 Å². The number of hydrogen-bond acceptors (Lipinski definition) is 4. The first-order chi connectivity index (χ1) is 13.8. The maximum absolute atomic E-state index is 13.2. The summed E-state index contributed by atoms with van der Waals surface area (Å²) >= 11 is 0. The predicted molar refractivity (Wildman–Crippen MR) is 116 cm³/mol. The van der Waals surface area contributed by atoms with E-state index in [2.05, 4.69) is 5.32 Å². The van der Waals surface area contributed by atoms with E-state index in [4.69, 9.17) is 4.74 Å². The van der Waals surface area contributed by atoms with Crippen LogP contribution in [-0.2, 0) is 9.59 Å². The minimum Gasteiger partial charge on any atom is -0.494 e. The molecule has 0 unspecified atom stereocenters. The first-order valence-electron chi connectivity index (χ1n) is 9.99. The lowest BCUT2D eigenvalue weighted by Crippen LogP contribution is -2.35. The van der Waals surface area contributed by atoms with Crippen LogP contribution in [0.1, 0.15) is 37.5 Å². The van der Waals surface area contributed by atoms with Crippen LogP contribution in [0.5, 0.6) is 5.75 Å². The Bertz CT molecular complexity index is 959. The van der Waals surface area contributed by atoms with Crippen LogP contribution in [0, 0.1) is 19.8 Å². The number of imide groups is 1. The van der Waals surface area contributed by atoms with Gasteiger partial charge in [0.1, 0.15) is 11.4 Å². The molecule has 5 nitrogen and oxygen atoms in total. The number of nitrogens with zero attached hydrogens (tertiary/aromatic N) is 1. The SMILES string of the molecule is CCOc1ccc(NC2=C(c3ccc(C)c(C)c3)C(=O)N(CC(C)C)C2=O)cc1. The van der Waals surface area contributed by atoms with Crippen LogP contribution in [0.4, 0.5) is 5.69 Å². The van der Waals surface area contributed by atoms with Crippen LogP contribution in [0.15, 0.2) is 48.2 Å². The van der Waals surface area contributed by atoms with Gasteiger partial charge in [0.25, 0.3) is 11.8 Å². The molecule has 0 spiro atoms. The van der Waals surface area contributed by atoms with E-state index in [9.17, 15) is 9.59 Å². The van der Waals surface area contributed by atoms with Crippen molar-refractivity contribution >= 4 is 23.1 Å². The lowest BCUT2D eigenvalue weighted by atomic mass is 9.99. The number of nitrogens with one attached hydrogen (secondary N) is 1. The third-order valence-electron chi connectivity index (χ3n) is 4.95. The summed E-state index contributed by atoms with van der Waals surface area (Å²) in [6.45, 7) is 10.9. The van der Waals surface area contributed by atoms with Gasteiger partial charge in [0, 0.05) is 12.2 Å². The molecule has 1 aliphatic rings. The summed E-state index contributed by atoms with van der Waals surface area (Å²) in [6, 6.07) is 13.2. The molecule has 2 amide bonds. The fourth-order valence-electron chi connectivity index (χ4n) is 3.33. The van der Waals surface area contributed by atoms with E-state index in [-0.39, 0.29) is 17.7 Å². The van der Waals surface area contributed by atoms with Crippen LogP contribution in [0.3, 0.4) is 0 Å². The molecule has 0 saturated carbocycles. The van der Waals surface area contributed by atoms with Crippen molar-refractivity contribution in [2.45, 2.75) is 34.6 Å². The molecule has 1 heterocycles. The summed E-state index contributed by atoms with van der Waals surface area (Å²) in [5, 5.41) is 3.19. The second-order valence-electron chi connectivity index (χ2n) is 7.75. The topological polar surface area (TPSA) is 58.6 Å². The predicted octanol–water partition coefficient (Wildman–Crippen LogP) is 4.55. The summed E-state index contributed by atoms with van der Waals surface area (Å²) in [5.74, 6) is 0.414. The minimum atomic E-state index is -0.286. The van der Waals surface area contributed by atoms with Crippen LogP contribution in [0.25, 0.3) is 5.57 Å². The fraction of sp³-hybridized carbons (Fsp3) is 0.333. The molecule has 2 aromatic rings. The van der Waals surface area contributed by atoms with Gasteiger partial charge in [-0.3, -0.25) is 14.5 Å². The summed E-state index contributed by atoms with van der Waals surface area (Å²) in [7, 11) is 0. The van der Waals surface area contributed by atoms with Crippen molar-refractivity contribution in [2.24, 2.45) is 5.92 Å². The molecule has 29 heavy (non-hydrogen) atoms. The lowest BCUT2D eigenvalue weighted by molar-refractivity contribution is -0.137. The third kappa shape index (κ3) is 4.34. The third-order valence-corrected chi connectivity index (χ3v) is 4.95. The molecule has 5 heteroatoms. The van der Waals surface area contributed by atoms with Gasteiger partial charge >= 0.3 is 0 Å². The van der Waals surface area contributed by atoms with Crippen LogP contribution in [0.2, 0.25) is 0 Å². The second-order valence-corrected chi connectivity index (χ2v) is 7.75. The van der Waals surface area contributed by atoms with Gasteiger partial charge in [0.15, 0.2) is 0 Å². The summed E-state index contributed by atoms with van der Waals surface area (Å²) < 4.78 is 5.48. The number of ether oxygens (including phenoxy) is 1. The van der Waals surface area contributed by atoms with E-state index < -0.39 is 0 Å². The summed E-state index contributed by atoms with van der Waals surface area (Å²) in [6.07, 6.45) is 0. The highest BCUT2D eigenvalue weighted by atomic mass is 16.5. The molecule has 3 rings (SSSR count). The van der Waals surface area contributed by atoms with Crippen LogP contribution >= 0.6 is 0 Å². The number of aryl methyl sites for hydroxylation is 2. The molecule has 0 aromatic heterocycles. The molecule has 2 aromatic carbocycles. The number of carbonyl (C=O) groups excluding carboxylic acids is 2. The van der Waals surface area contributed by atoms with Gasteiger partial charge in [0.2, 0.25) is 0 Å². The van der Waals surface area contributed by atoms with Crippen molar-refractivity contribution in [3.05, 3.63) is 64.9 Å². The second kappa shape index (κ2) is 8.52. The Labute approximate surface area is 172 Å². The average Bonchev–Trinajstić information content (AvgIpc) is 2.90. The van der Waals surface area contributed by atoms with Crippen molar-refractivity contribution in [2.75, 3.05) is 18.5 Å². The molecular formula is C24H28N2O3. The number of rotatable bonds is 7. The molecule has 1 aliphatic heterocycles. The molecule has 152 valence electrons. The zero-order valence-corrected chi connectivity index (χ0v) is 17.7. The Morgan fingerprint density at radius 1 is 0.966 bits per heavy atom. The normalized spacial score (nSPS) is 14.2. The maximum atomic E-state index is 13.2. The van der Waals surface area contributed by atoms with Crippen molar-refractivity contribution in [3.8, 4) is 5.75 Å². The molecule has 0 radical (unpaired) electrons. The zero-order valence-electron chi connectivity index (χ0n) is 17.7. The quantitative estimate of drug-likeness (QED) is 0.702. The molecule has 0 aliphatic carbocycles. The van der Waals surface area contributed by atoms with E-state index in [0.29, 0.717) is 24.4 Å². The highest BCUT2D eigenvalue weighted by Gasteiger charge is 2.39. The average molecular weight is 392 g/mol. The standard InChI is InChI=1S/C24H28N2O3/c1-6-29-20-11-9-19(10-12-20)25-22-21(18-8-7-16(4)17(5)13-18)23(27)26(24(22)28)14-15(2)3/h7-13,15,25H,6,14H2,1-5H3. The van der Waals surface area contributed by atoms with Gasteiger partial charge in [-0.1, -0.05) is 32.0 Å². The summed E-state index contributed by atoms with van der Waals surface area (Å²) in [4.78, 5) is 27.6. The first-order valence-corrected chi connectivity index (χ1v) is 9.99. The molecule has 0 bridgehead atoms. The molecule has 0 atom stereocenters. The highest BCUT2D eigenvalue weighted by Crippen LogP contribution is 2.32. The van der Waals surface area contributed by atoms with Crippen molar-refractivity contribution in [3.63, 3.8) is 0 Å². The molecule has 1 N–H and O–H groups in total. The van der Waals surface area contributed by atoms with Crippen LogP contribution < -0.4 is 10.1 Å². The molecule has 0 saturated heterocycles. The van der Waals surface area contributed by atoms with Gasteiger partial charge in [0.05, 0.1) is 12.2 Å². The molecule has 0 fully saturated rings. The van der Waals surface area contributed by atoms with E-state index >= 15 is 0 Å². The van der Waals surface area contributed by atoms with Gasteiger partial charge in [-0.15, -0.1) is 0 Å². The smallest absolute Gasteiger partial charge is 0.278 e. The van der Waals surface area contributed by atoms with Gasteiger partial charge in [-0.25, -0.2) is 0 Å². The number of anilines is 1. The van der Waals surface area contributed by atoms with Crippen molar-refractivity contribution in [1.29, 1.82) is 0 Å². The van der Waals surface area contributed by atoms with Crippen molar-refractivity contribution < 1.29 is 14.3 Å². The minimum absolute atomic E-state index is 0.189. The van der Waals surface area contributed by atoms with E-state index in [1.54, 1.807) is 0 Å². The zero-order chi connectivity index (χ0) is 21.1. The van der Waals surface area contributed by atoms with Crippen LogP contribution in [-0.4, -0.2) is 29.9 Å². The number of amides is 2. The Kier molecular flexibility index (Phi) is 6.06. The Hall–Kier alpha value is -3.08. The number of carbonyl (C=O) groups is 2. The van der Waals surface area contributed by atoms with Gasteiger partial charge in [-0.05, 0) is 67.6 Å². The Morgan fingerprint density at radius 2 is 1.66 bits per heavy atom. The number of benzene rings is 2. The van der Waals surface area contributed by atoms with Crippen molar-refractivity contribution in [1.82, 2.24) is 4.90 Å². The Morgan fingerprint density at radius 3 is 2.24 bits per heavy atom. The fourth-order valence-corrected chi connectivity index (χ4v) is 3.33. The maximum Gasteiger partial charge on any atom is 0.278 e. The van der Waals surface area contributed by atoms with E-state index in [1.807, 2.05) is 77.1 Å². The number of hydrogen-bond donors (Lipinski definition) is 1.